The van der Waals surface area contributed by atoms with E-state index in [0.717, 1.165) is 4.68 Å². The van der Waals surface area contributed by atoms with E-state index < -0.39 is 42.2 Å². The molecule has 0 bridgehead atoms. The first-order chi connectivity index (χ1) is 12.4. The molecule has 1 amide bonds. The average Bonchev–Trinajstić information content (AvgIpc) is 3.22. The molecule has 1 aromatic heterocycles. The fourth-order valence-electron chi connectivity index (χ4n) is 2.72. The van der Waals surface area contributed by atoms with Crippen LogP contribution in [0.4, 0.5) is 0 Å². The summed E-state index contributed by atoms with van der Waals surface area (Å²) in [5.74, 6) is -3.59. The van der Waals surface area contributed by atoms with E-state index in [0.29, 0.717) is 5.56 Å². The molecule has 136 valence electrons. The molecule has 0 aliphatic carbocycles. The number of primary amides is 1. The van der Waals surface area contributed by atoms with Crippen LogP contribution in [0.1, 0.15) is 34.1 Å². The maximum Gasteiger partial charge on any atom is 0.338 e. The first kappa shape index (κ1) is 17.5. The number of nitrogens with two attached hydrogens (primary N) is 1. The van der Waals surface area contributed by atoms with Crippen molar-refractivity contribution in [1.29, 1.82) is 0 Å². The number of amides is 1. The van der Waals surface area contributed by atoms with Crippen molar-refractivity contribution >= 4 is 17.8 Å². The highest BCUT2D eigenvalue weighted by Gasteiger charge is 2.49. The van der Waals surface area contributed by atoms with Crippen LogP contribution in [-0.2, 0) is 14.3 Å². The van der Waals surface area contributed by atoms with Gasteiger partial charge in [0.15, 0.2) is 18.4 Å². The van der Waals surface area contributed by atoms with Crippen molar-refractivity contribution in [2.24, 2.45) is 11.7 Å². The first-order valence-corrected chi connectivity index (χ1v) is 7.73. The smallest absolute Gasteiger partial charge is 0.338 e. The molecule has 0 saturated carbocycles. The van der Waals surface area contributed by atoms with E-state index in [2.05, 4.69) is 10.1 Å². The van der Waals surface area contributed by atoms with Crippen LogP contribution in [0.15, 0.2) is 36.7 Å². The van der Waals surface area contributed by atoms with Gasteiger partial charge in [-0.3, -0.25) is 4.79 Å². The second-order valence-corrected chi connectivity index (χ2v) is 5.79. The zero-order valence-corrected chi connectivity index (χ0v) is 13.7. The molecule has 1 aliphatic rings. The van der Waals surface area contributed by atoms with Crippen LogP contribution in [-0.4, -0.2) is 49.9 Å². The Morgan fingerprint density at radius 2 is 1.96 bits per heavy atom. The third-order valence-corrected chi connectivity index (χ3v) is 4.05. The molecular weight excluding hydrogens is 344 g/mol. The van der Waals surface area contributed by atoms with Crippen molar-refractivity contribution in [2.75, 3.05) is 0 Å². The Morgan fingerprint density at radius 3 is 2.54 bits per heavy atom. The molecule has 0 radical (unpaired) electrons. The second kappa shape index (κ2) is 6.92. The van der Waals surface area contributed by atoms with Crippen molar-refractivity contribution < 1.29 is 29.0 Å². The highest BCUT2D eigenvalue weighted by atomic mass is 16.6. The number of hydrogen-bond acceptors (Lipinski definition) is 7. The Kier molecular flexibility index (Phi) is 4.67. The summed E-state index contributed by atoms with van der Waals surface area (Å²) in [5, 5.41) is 13.2. The van der Waals surface area contributed by atoms with Crippen molar-refractivity contribution in [3.05, 3.63) is 48.0 Å². The fraction of sp³-hybridized carbons (Fsp3) is 0.312. The predicted molar refractivity (Wildman–Crippen MR) is 84.9 cm³/mol. The van der Waals surface area contributed by atoms with E-state index in [1.54, 1.807) is 37.3 Å². The van der Waals surface area contributed by atoms with Gasteiger partial charge >= 0.3 is 11.9 Å². The van der Waals surface area contributed by atoms with Gasteiger partial charge in [-0.1, -0.05) is 25.1 Å². The number of aliphatic carboxylic acids is 1. The molecule has 3 N–H and O–H groups in total. The van der Waals surface area contributed by atoms with Crippen molar-refractivity contribution in [2.45, 2.75) is 25.4 Å². The lowest BCUT2D eigenvalue weighted by atomic mass is 10.0. The Balaban J connectivity index is 1.88. The molecule has 4 atom stereocenters. The number of hydrogen-bond donors (Lipinski definition) is 2. The summed E-state index contributed by atoms with van der Waals surface area (Å²) in [5.41, 5.74) is 5.44. The molecule has 1 aliphatic heterocycles. The lowest BCUT2D eigenvalue weighted by Gasteiger charge is -2.21. The molecule has 10 heteroatoms. The summed E-state index contributed by atoms with van der Waals surface area (Å²) < 4.78 is 12.1. The third-order valence-electron chi connectivity index (χ3n) is 4.05. The van der Waals surface area contributed by atoms with E-state index in [9.17, 15) is 19.5 Å². The van der Waals surface area contributed by atoms with Crippen LogP contribution in [0.3, 0.4) is 0 Å². The Bertz CT molecular complexity index is 836. The minimum atomic E-state index is -1.21. The van der Waals surface area contributed by atoms with Gasteiger partial charge in [-0.25, -0.2) is 19.3 Å². The highest BCUT2D eigenvalue weighted by molar-refractivity contribution is 5.89. The summed E-state index contributed by atoms with van der Waals surface area (Å²) >= 11 is 0. The van der Waals surface area contributed by atoms with Gasteiger partial charge in [0.25, 0.3) is 5.91 Å². The van der Waals surface area contributed by atoms with Gasteiger partial charge in [-0.05, 0) is 12.1 Å². The topological polar surface area (TPSA) is 147 Å². The third kappa shape index (κ3) is 3.26. The summed E-state index contributed by atoms with van der Waals surface area (Å²) in [7, 11) is 0. The number of benzene rings is 1. The van der Waals surface area contributed by atoms with Crippen LogP contribution in [0.2, 0.25) is 0 Å². The largest absolute Gasteiger partial charge is 0.479 e. The van der Waals surface area contributed by atoms with Gasteiger partial charge in [0.05, 0.1) is 5.56 Å². The predicted octanol–water partition coefficient (Wildman–Crippen LogP) is 0.221. The summed E-state index contributed by atoms with van der Waals surface area (Å²) in [6.07, 6.45) is -2.05. The van der Waals surface area contributed by atoms with Gasteiger partial charge < -0.3 is 20.3 Å². The number of aromatic nitrogens is 3. The number of carbonyl (C=O) groups excluding carboxylic acids is 2. The zero-order valence-electron chi connectivity index (χ0n) is 13.7. The fourth-order valence-corrected chi connectivity index (χ4v) is 2.72. The molecule has 2 heterocycles. The Morgan fingerprint density at radius 1 is 1.27 bits per heavy atom. The minimum absolute atomic E-state index is 0.256. The van der Waals surface area contributed by atoms with Crippen LogP contribution in [0.5, 0.6) is 0 Å². The molecule has 2 aromatic rings. The molecule has 26 heavy (non-hydrogen) atoms. The van der Waals surface area contributed by atoms with Crippen molar-refractivity contribution in [1.82, 2.24) is 14.8 Å². The standard InChI is InChI=1S/C16H16N4O6/c1-8-10(26-16(24)9-5-3-2-4-6-9)14(25-11(8)15(22)23)20-7-18-13(19-20)12(17)21/h2-8,10-11,14H,1H3,(H2,17,21)(H,22,23)/t8-,10+,11-,14+/m0/s1. The summed E-state index contributed by atoms with van der Waals surface area (Å²) in [6.45, 7) is 1.59. The number of rotatable bonds is 5. The number of nitrogens with zero attached hydrogens (tertiary/aromatic N) is 3. The zero-order chi connectivity index (χ0) is 18.8. The minimum Gasteiger partial charge on any atom is -0.479 e. The molecule has 1 fully saturated rings. The second-order valence-electron chi connectivity index (χ2n) is 5.79. The van der Waals surface area contributed by atoms with E-state index in [4.69, 9.17) is 15.2 Å². The normalized spacial score (nSPS) is 25.0. The van der Waals surface area contributed by atoms with E-state index in [1.807, 2.05) is 0 Å². The first-order valence-electron chi connectivity index (χ1n) is 7.73. The van der Waals surface area contributed by atoms with E-state index in [1.165, 1.54) is 6.33 Å². The van der Waals surface area contributed by atoms with Crippen LogP contribution in [0, 0.1) is 5.92 Å². The molecule has 1 aromatic carbocycles. The summed E-state index contributed by atoms with van der Waals surface area (Å²) in [4.78, 5) is 38.7. The number of carboxylic acids is 1. The maximum atomic E-state index is 12.4. The molecular formula is C16H16N4O6. The van der Waals surface area contributed by atoms with Gasteiger partial charge in [0.2, 0.25) is 5.82 Å². The monoisotopic (exact) mass is 360 g/mol. The lowest BCUT2D eigenvalue weighted by Crippen LogP contribution is -2.32. The van der Waals surface area contributed by atoms with E-state index >= 15 is 0 Å². The van der Waals surface area contributed by atoms with Gasteiger partial charge in [-0.2, -0.15) is 0 Å². The van der Waals surface area contributed by atoms with Gasteiger partial charge in [0, 0.05) is 5.92 Å². The Labute approximate surface area is 147 Å². The van der Waals surface area contributed by atoms with Crippen molar-refractivity contribution in [3.8, 4) is 0 Å². The average molecular weight is 360 g/mol. The van der Waals surface area contributed by atoms with Crippen molar-refractivity contribution in [3.63, 3.8) is 0 Å². The number of esters is 1. The lowest BCUT2D eigenvalue weighted by molar-refractivity contribution is -0.153. The van der Waals surface area contributed by atoms with Crippen LogP contribution in [0.25, 0.3) is 0 Å². The van der Waals surface area contributed by atoms with Gasteiger partial charge in [0.1, 0.15) is 6.33 Å². The highest BCUT2D eigenvalue weighted by Crippen LogP contribution is 2.36. The number of carbonyl (C=O) groups is 3. The number of ether oxygens (including phenoxy) is 2. The molecule has 10 nitrogen and oxygen atoms in total. The quantitative estimate of drug-likeness (QED) is 0.720. The molecule has 0 unspecified atom stereocenters. The molecule has 0 spiro atoms. The van der Waals surface area contributed by atoms with E-state index in [-0.39, 0.29) is 5.82 Å². The maximum absolute atomic E-state index is 12.4. The SMILES string of the molecule is C[C@H]1[C@@H](OC(=O)c2ccccc2)[C@H](n2cnc(C(N)=O)n2)O[C@@H]1C(=O)O. The van der Waals surface area contributed by atoms with Gasteiger partial charge in [-0.15, -0.1) is 5.10 Å². The number of carboxylic acid groups (broad SMARTS) is 1. The molecule has 3 rings (SSSR count). The van der Waals surface area contributed by atoms with Crippen LogP contribution >= 0.6 is 0 Å². The van der Waals surface area contributed by atoms with Crippen LogP contribution < -0.4 is 5.73 Å². The Hall–Kier alpha value is -3.27. The summed E-state index contributed by atoms with van der Waals surface area (Å²) in [6, 6.07) is 8.26. The molecule has 1 saturated heterocycles.